The first-order valence-electron chi connectivity index (χ1n) is 9.45. The highest BCUT2D eigenvalue weighted by atomic mass is 16.5. The summed E-state index contributed by atoms with van der Waals surface area (Å²) in [5.41, 5.74) is 1.94. The molecule has 0 aliphatic rings. The van der Waals surface area contributed by atoms with Crippen molar-refractivity contribution < 1.29 is 14.3 Å². The predicted octanol–water partition coefficient (Wildman–Crippen LogP) is 3.90. The monoisotopic (exact) mass is 392 g/mol. The van der Waals surface area contributed by atoms with Gasteiger partial charge in [0.2, 0.25) is 0 Å². The van der Waals surface area contributed by atoms with E-state index in [1.165, 1.54) is 0 Å². The molecule has 0 spiro atoms. The van der Waals surface area contributed by atoms with E-state index < -0.39 is 6.04 Å². The first-order valence-corrected chi connectivity index (χ1v) is 9.45. The molecular formula is C22H24N4O3. The van der Waals surface area contributed by atoms with Gasteiger partial charge in [-0.05, 0) is 36.2 Å². The number of aromatic nitrogens is 2. The number of urea groups is 1. The van der Waals surface area contributed by atoms with Crippen molar-refractivity contribution in [3.8, 4) is 0 Å². The zero-order valence-corrected chi connectivity index (χ0v) is 16.5. The van der Waals surface area contributed by atoms with Crippen molar-refractivity contribution in [1.29, 1.82) is 0 Å². The number of carbonyl (C=O) groups is 2. The van der Waals surface area contributed by atoms with Crippen LogP contribution in [0, 0.1) is 0 Å². The fourth-order valence-electron chi connectivity index (χ4n) is 2.86. The molecule has 150 valence electrons. The highest BCUT2D eigenvalue weighted by Gasteiger charge is 2.20. The molecule has 0 bridgehead atoms. The van der Waals surface area contributed by atoms with Crippen molar-refractivity contribution in [3.05, 3.63) is 83.9 Å². The highest BCUT2D eigenvalue weighted by molar-refractivity contribution is 5.92. The molecule has 1 atom stereocenters. The molecule has 7 nitrogen and oxygen atoms in total. The molecule has 7 heteroatoms. The summed E-state index contributed by atoms with van der Waals surface area (Å²) in [5.74, 6) is 0.349. The van der Waals surface area contributed by atoms with Crippen molar-refractivity contribution in [3.63, 3.8) is 0 Å². The molecule has 0 fully saturated rings. The number of nitrogens with zero attached hydrogens (tertiary/aromatic N) is 2. The molecule has 3 aromatic rings. The van der Waals surface area contributed by atoms with Crippen molar-refractivity contribution >= 4 is 17.7 Å². The molecule has 2 amide bonds. The van der Waals surface area contributed by atoms with E-state index in [4.69, 9.17) is 4.74 Å². The van der Waals surface area contributed by atoms with Crippen LogP contribution < -0.4 is 10.6 Å². The minimum Gasteiger partial charge on any atom is -0.462 e. The van der Waals surface area contributed by atoms with Crippen LogP contribution in [0.25, 0.3) is 0 Å². The van der Waals surface area contributed by atoms with Gasteiger partial charge in [0.1, 0.15) is 11.9 Å². The first kappa shape index (κ1) is 20.1. The topological polar surface area (TPSA) is 85.2 Å². The van der Waals surface area contributed by atoms with Crippen LogP contribution in [0.1, 0.15) is 41.1 Å². The van der Waals surface area contributed by atoms with E-state index in [1.54, 1.807) is 30.5 Å². The second-order valence-electron chi connectivity index (χ2n) is 6.55. The van der Waals surface area contributed by atoms with E-state index >= 15 is 0 Å². The van der Waals surface area contributed by atoms with Crippen LogP contribution in [0.2, 0.25) is 0 Å². The van der Waals surface area contributed by atoms with Gasteiger partial charge in [0, 0.05) is 25.1 Å². The zero-order valence-electron chi connectivity index (χ0n) is 16.5. The van der Waals surface area contributed by atoms with Gasteiger partial charge in [-0.3, -0.25) is 0 Å². The van der Waals surface area contributed by atoms with Gasteiger partial charge < -0.3 is 19.9 Å². The summed E-state index contributed by atoms with van der Waals surface area (Å²) in [5, 5.41) is 5.76. The molecule has 0 saturated heterocycles. The quantitative estimate of drug-likeness (QED) is 0.597. The average molecular weight is 392 g/mol. The Labute approximate surface area is 169 Å². The molecule has 0 aliphatic heterocycles. The lowest BCUT2D eigenvalue weighted by Gasteiger charge is -2.19. The summed E-state index contributed by atoms with van der Waals surface area (Å²) in [6, 6.07) is 15.5. The van der Waals surface area contributed by atoms with E-state index in [-0.39, 0.29) is 12.0 Å². The molecule has 29 heavy (non-hydrogen) atoms. The maximum Gasteiger partial charge on any atom is 0.338 e. The number of esters is 1. The van der Waals surface area contributed by atoms with E-state index in [0.29, 0.717) is 17.9 Å². The predicted molar refractivity (Wildman–Crippen MR) is 111 cm³/mol. The molecular weight excluding hydrogens is 368 g/mol. The van der Waals surface area contributed by atoms with Gasteiger partial charge in [0.05, 0.1) is 12.2 Å². The molecule has 0 unspecified atom stereocenters. The minimum atomic E-state index is -0.403. The fraction of sp³-hybridized carbons (Fsp3) is 0.227. The van der Waals surface area contributed by atoms with Crippen molar-refractivity contribution in [2.45, 2.75) is 19.4 Å². The molecule has 2 N–H and O–H groups in total. The Kier molecular flexibility index (Phi) is 6.63. The van der Waals surface area contributed by atoms with Crippen LogP contribution in [0.15, 0.2) is 67.0 Å². The van der Waals surface area contributed by atoms with Crippen molar-refractivity contribution in [2.75, 3.05) is 11.9 Å². The Balaban J connectivity index is 1.69. The Morgan fingerprint density at radius 1 is 1.10 bits per heavy atom. The number of ether oxygens (including phenoxy) is 1. The van der Waals surface area contributed by atoms with Gasteiger partial charge in [-0.15, -0.1) is 0 Å². The number of nitrogens with one attached hydrogen (secondary N) is 2. The molecule has 3 rings (SSSR count). The third-order valence-electron chi connectivity index (χ3n) is 4.34. The highest BCUT2D eigenvalue weighted by Crippen LogP contribution is 2.20. The smallest absolute Gasteiger partial charge is 0.338 e. The second kappa shape index (κ2) is 9.54. The average Bonchev–Trinajstić information content (AvgIpc) is 3.17. The lowest BCUT2D eigenvalue weighted by Crippen LogP contribution is -2.34. The summed E-state index contributed by atoms with van der Waals surface area (Å²) in [6.07, 6.45) is 4.30. The fourth-order valence-corrected chi connectivity index (χ4v) is 2.86. The minimum absolute atomic E-state index is 0.372. The number of aryl methyl sites for hydroxylation is 1. The number of hydrogen-bond donors (Lipinski definition) is 2. The van der Waals surface area contributed by atoms with E-state index in [2.05, 4.69) is 15.6 Å². The van der Waals surface area contributed by atoms with Crippen LogP contribution in [0.4, 0.5) is 10.5 Å². The van der Waals surface area contributed by atoms with E-state index in [9.17, 15) is 9.59 Å². The summed E-state index contributed by atoms with van der Waals surface area (Å²) in [6.45, 7) is 2.32. The van der Waals surface area contributed by atoms with E-state index in [1.807, 2.05) is 55.1 Å². The van der Waals surface area contributed by atoms with Crippen molar-refractivity contribution in [1.82, 2.24) is 14.9 Å². The van der Waals surface area contributed by atoms with Crippen LogP contribution >= 0.6 is 0 Å². The number of rotatable bonds is 7. The summed E-state index contributed by atoms with van der Waals surface area (Å²) in [7, 11) is 1.88. The standard InChI is InChI=1S/C22H24N4O3/c1-3-15-29-21(27)17-9-11-18(12-10-17)24-22(28)25-19(16-7-5-4-6-8-16)20-23-13-14-26(20)2/h4-14,19H,3,15H2,1-2H3,(H2,24,25,28)/t19-/m1/s1. The molecule has 1 heterocycles. The van der Waals surface area contributed by atoms with Gasteiger partial charge in [-0.1, -0.05) is 37.3 Å². The maximum absolute atomic E-state index is 12.6. The molecule has 0 radical (unpaired) electrons. The Morgan fingerprint density at radius 3 is 2.45 bits per heavy atom. The Bertz CT molecular complexity index is 952. The van der Waals surface area contributed by atoms with Gasteiger partial charge >= 0.3 is 12.0 Å². The Hall–Kier alpha value is -3.61. The maximum atomic E-state index is 12.6. The van der Waals surface area contributed by atoms with Crippen LogP contribution in [0.5, 0.6) is 0 Å². The van der Waals surface area contributed by atoms with E-state index in [0.717, 1.165) is 17.8 Å². The molecule has 2 aromatic carbocycles. The normalized spacial score (nSPS) is 11.5. The number of amides is 2. The van der Waals surface area contributed by atoms with Crippen LogP contribution in [0.3, 0.4) is 0 Å². The van der Waals surface area contributed by atoms with Gasteiger partial charge in [0.15, 0.2) is 0 Å². The SMILES string of the molecule is CCCOC(=O)c1ccc(NC(=O)N[C@H](c2ccccc2)c2nccn2C)cc1. The van der Waals surface area contributed by atoms with Crippen LogP contribution in [-0.2, 0) is 11.8 Å². The number of imidazole rings is 1. The second-order valence-corrected chi connectivity index (χ2v) is 6.55. The number of anilines is 1. The van der Waals surface area contributed by atoms with Gasteiger partial charge in [-0.2, -0.15) is 0 Å². The van der Waals surface area contributed by atoms with Gasteiger partial charge in [-0.25, -0.2) is 14.6 Å². The first-order chi connectivity index (χ1) is 14.1. The van der Waals surface area contributed by atoms with Crippen LogP contribution in [-0.4, -0.2) is 28.2 Å². The third kappa shape index (κ3) is 5.22. The lowest BCUT2D eigenvalue weighted by atomic mass is 10.1. The molecule has 0 aliphatic carbocycles. The molecule has 0 saturated carbocycles. The number of hydrogen-bond acceptors (Lipinski definition) is 4. The largest absolute Gasteiger partial charge is 0.462 e. The summed E-state index contributed by atoms with van der Waals surface area (Å²) < 4.78 is 6.97. The lowest BCUT2D eigenvalue weighted by molar-refractivity contribution is 0.0505. The third-order valence-corrected chi connectivity index (χ3v) is 4.34. The number of benzene rings is 2. The number of carbonyl (C=O) groups excluding carboxylic acids is 2. The zero-order chi connectivity index (χ0) is 20.6. The summed E-state index contributed by atoms with van der Waals surface area (Å²) in [4.78, 5) is 28.9. The van der Waals surface area contributed by atoms with Gasteiger partial charge in [0.25, 0.3) is 0 Å². The Morgan fingerprint density at radius 2 is 1.83 bits per heavy atom. The summed E-state index contributed by atoms with van der Waals surface area (Å²) >= 11 is 0. The molecule has 1 aromatic heterocycles. The van der Waals surface area contributed by atoms with Crippen molar-refractivity contribution in [2.24, 2.45) is 7.05 Å².